The van der Waals surface area contributed by atoms with Gasteiger partial charge in [-0.2, -0.15) is 5.26 Å². The molecule has 2 aromatic carbocycles. The number of aryl methyl sites for hydroxylation is 3. The SMILES string of the molecule is CC(C)CNc1ccc2c(c1)nc(CCc1ccc(C#N)cc1)n2C. The molecule has 0 radical (unpaired) electrons. The minimum atomic E-state index is 0.613. The van der Waals surface area contributed by atoms with E-state index in [4.69, 9.17) is 10.2 Å². The molecule has 128 valence electrons. The fourth-order valence-corrected chi connectivity index (χ4v) is 2.91. The number of fused-ring (bicyclic) bond motifs is 1. The van der Waals surface area contributed by atoms with Crippen LogP contribution in [0.2, 0.25) is 0 Å². The number of nitriles is 1. The van der Waals surface area contributed by atoms with E-state index in [0.29, 0.717) is 11.5 Å². The molecule has 0 atom stereocenters. The Labute approximate surface area is 149 Å². The average molecular weight is 332 g/mol. The van der Waals surface area contributed by atoms with Crippen LogP contribution in [0, 0.1) is 17.2 Å². The molecule has 0 saturated carbocycles. The molecule has 0 aliphatic rings. The molecule has 3 aromatic rings. The van der Waals surface area contributed by atoms with Crippen molar-refractivity contribution in [2.24, 2.45) is 13.0 Å². The quantitative estimate of drug-likeness (QED) is 0.732. The van der Waals surface area contributed by atoms with Gasteiger partial charge in [-0.05, 0) is 48.2 Å². The summed E-state index contributed by atoms with van der Waals surface area (Å²) in [6, 6.07) is 16.3. The van der Waals surface area contributed by atoms with E-state index < -0.39 is 0 Å². The Morgan fingerprint density at radius 2 is 1.88 bits per heavy atom. The summed E-state index contributed by atoms with van der Waals surface area (Å²) in [7, 11) is 2.07. The van der Waals surface area contributed by atoms with Crippen LogP contribution < -0.4 is 5.32 Å². The zero-order chi connectivity index (χ0) is 17.8. The number of benzene rings is 2. The molecular formula is C21H24N4. The van der Waals surface area contributed by atoms with Gasteiger partial charge in [-0.25, -0.2) is 4.98 Å². The van der Waals surface area contributed by atoms with Crippen molar-refractivity contribution in [2.45, 2.75) is 26.7 Å². The highest BCUT2D eigenvalue weighted by Crippen LogP contribution is 2.21. The molecule has 1 heterocycles. The molecule has 1 aromatic heterocycles. The second-order valence-electron chi connectivity index (χ2n) is 6.87. The number of nitrogens with one attached hydrogen (secondary N) is 1. The molecule has 0 fully saturated rings. The van der Waals surface area contributed by atoms with Crippen molar-refractivity contribution in [3.63, 3.8) is 0 Å². The van der Waals surface area contributed by atoms with Crippen LogP contribution in [0.5, 0.6) is 0 Å². The molecule has 0 spiro atoms. The second kappa shape index (κ2) is 7.40. The molecule has 4 nitrogen and oxygen atoms in total. The smallest absolute Gasteiger partial charge is 0.109 e. The number of aromatic nitrogens is 2. The predicted octanol–water partition coefficient (Wildman–Crippen LogP) is 4.30. The minimum absolute atomic E-state index is 0.613. The van der Waals surface area contributed by atoms with Gasteiger partial charge >= 0.3 is 0 Å². The third kappa shape index (κ3) is 4.00. The van der Waals surface area contributed by atoms with E-state index in [9.17, 15) is 0 Å². The van der Waals surface area contributed by atoms with E-state index in [1.54, 1.807) is 0 Å². The molecule has 3 rings (SSSR count). The summed E-state index contributed by atoms with van der Waals surface area (Å²) in [5.74, 6) is 1.70. The van der Waals surface area contributed by atoms with Gasteiger partial charge in [0.05, 0.1) is 22.7 Å². The Bertz CT molecular complexity index is 898. The summed E-state index contributed by atoms with van der Waals surface area (Å²) < 4.78 is 2.17. The second-order valence-corrected chi connectivity index (χ2v) is 6.87. The van der Waals surface area contributed by atoms with E-state index in [-0.39, 0.29) is 0 Å². The van der Waals surface area contributed by atoms with Gasteiger partial charge in [0.1, 0.15) is 5.82 Å². The van der Waals surface area contributed by atoms with Crippen molar-refractivity contribution in [3.8, 4) is 6.07 Å². The Morgan fingerprint density at radius 3 is 2.56 bits per heavy atom. The molecule has 0 saturated heterocycles. The zero-order valence-electron chi connectivity index (χ0n) is 15.1. The van der Waals surface area contributed by atoms with Gasteiger partial charge in [0.25, 0.3) is 0 Å². The molecule has 0 aliphatic carbocycles. The summed E-state index contributed by atoms with van der Waals surface area (Å²) in [6.07, 6.45) is 1.80. The summed E-state index contributed by atoms with van der Waals surface area (Å²) in [5.41, 5.74) is 5.24. The molecule has 0 aliphatic heterocycles. The van der Waals surface area contributed by atoms with Gasteiger partial charge < -0.3 is 9.88 Å². The van der Waals surface area contributed by atoms with Crippen molar-refractivity contribution in [1.82, 2.24) is 9.55 Å². The lowest BCUT2D eigenvalue weighted by Gasteiger charge is -2.08. The number of anilines is 1. The number of hydrogen-bond acceptors (Lipinski definition) is 3. The predicted molar refractivity (Wildman–Crippen MR) is 103 cm³/mol. The van der Waals surface area contributed by atoms with Crippen LogP contribution in [0.1, 0.15) is 30.8 Å². The number of nitrogens with zero attached hydrogens (tertiary/aromatic N) is 3. The lowest BCUT2D eigenvalue weighted by atomic mass is 10.1. The van der Waals surface area contributed by atoms with Gasteiger partial charge in [-0.15, -0.1) is 0 Å². The van der Waals surface area contributed by atoms with E-state index in [1.165, 1.54) is 5.56 Å². The van der Waals surface area contributed by atoms with Gasteiger partial charge in [0.2, 0.25) is 0 Å². The maximum absolute atomic E-state index is 8.88. The highest BCUT2D eigenvalue weighted by atomic mass is 15.1. The first-order valence-electron chi connectivity index (χ1n) is 8.75. The summed E-state index contributed by atoms with van der Waals surface area (Å²) in [4.78, 5) is 4.82. The third-order valence-corrected chi connectivity index (χ3v) is 4.41. The Balaban J connectivity index is 1.74. The fraction of sp³-hybridized carbons (Fsp3) is 0.333. The van der Waals surface area contributed by atoms with Crippen LogP contribution in [-0.4, -0.2) is 16.1 Å². The van der Waals surface area contributed by atoms with Crippen LogP contribution in [-0.2, 0) is 19.9 Å². The first-order valence-corrected chi connectivity index (χ1v) is 8.75. The lowest BCUT2D eigenvalue weighted by Crippen LogP contribution is -2.07. The molecule has 0 unspecified atom stereocenters. The van der Waals surface area contributed by atoms with Gasteiger partial charge in [0.15, 0.2) is 0 Å². The summed E-state index contributed by atoms with van der Waals surface area (Å²) >= 11 is 0. The van der Waals surface area contributed by atoms with Gasteiger partial charge in [-0.1, -0.05) is 26.0 Å². The molecule has 4 heteroatoms. The maximum Gasteiger partial charge on any atom is 0.109 e. The van der Waals surface area contributed by atoms with Crippen molar-refractivity contribution in [2.75, 3.05) is 11.9 Å². The monoisotopic (exact) mass is 332 g/mol. The summed E-state index contributed by atoms with van der Waals surface area (Å²) in [5, 5.41) is 12.3. The molecule has 1 N–H and O–H groups in total. The van der Waals surface area contributed by atoms with Crippen LogP contribution >= 0.6 is 0 Å². The number of imidazole rings is 1. The first kappa shape index (κ1) is 17.0. The molecule has 0 bridgehead atoms. The van der Waals surface area contributed by atoms with Gasteiger partial charge in [0, 0.05) is 25.7 Å². The van der Waals surface area contributed by atoms with E-state index in [1.807, 2.05) is 24.3 Å². The van der Waals surface area contributed by atoms with Crippen molar-refractivity contribution in [3.05, 3.63) is 59.4 Å². The lowest BCUT2D eigenvalue weighted by molar-refractivity contribution is 0.689. The van der Waals surface area contributed by atoms with Gasteiger partial charge in [-0.3, -0.25) is 0 Å². The minimum Gasteiger partial charge on any atom is -0.385 e. The van der Waals surface area contributed by atoms with E-state index in [0.717, 1.165) is 41.9 Å². The van der Waals surface area contributed by atoms with Crippen molar-refractivity contribution >= 4 is 16.7 Å². The highest BCUT2D eigenvalue weighted by Gasteiger charge is 2.09. The maximum atomic E-state index is 8.88. The Hall–Kier alpha value is -2.80. The number of rotatable bonds is 6. The van der Waals surface area contributed by atoms with Crippen LogP contribution in [0.25, 0.3) is 11.0 Å². The molecular weight excluding hydrogens is 308 g/mol. The van der Waals surface area contributed by atoms with E-state index in [2.05, 4.69) is 55.0 Å². The van der Waals surface area contributed by atoms with Crippen LogP contribution in [0.15, 0.2) is 42.5 Å². The third-order valence-electron chi connectivity index (χ3n) is 4.41. The van der Waals surface area contributed by atoms with Crippen LogP contribution in [0.3, 0.4) is 0 Å². The first-order chi connectivity index (χ1) is 12.1. The largest absolute Gasteiger partial charge is 0.385 e. The standard InChI is InChI=1S/C21H24N4/c1-15(2)14-23-18-9-10-20-19(12-18)24-21(25(20)3)11-8-16-4-6-17(13-22)7-5-16/h4-7,9-10,12,15,23H,8,11,14H2,1-3H3. The molecule has 0 amide bonds. The molecule has 25 heavy (non-hydrogen) atoms. The summed E-state index contributed by atoms with van der Waals surface area (Å²) in [6.45, 7) is 5.37. The normalized spacial score (nSPS) is 11.0. The fourth-order valence-electron chi connectivity index (χ4n) is 2.91. The topological polar surface area (TPSA) is 53.6 Å². The Morgan fingerprint density at radius 1 is 1.12 bits per heavy atom. The highest BCUT2D eigenvalue weighted by molar-refractivity contribution is 5.80. The Kier molecular flexibility index (Phi) is 5.04. The van der Waals surface area contributed by atoms with Crippen molar-refractivity contribution in [1.29, 1.82) is 5.26 Å². The van der Waals surface area contributed by atoms with E-state index >= 15 is 0 Å². The number of hydrogen-bond donors (Lipinski definition) is 1. The van der Waals surface area contributed by atoms with Crippen LogP contribution in [0.4, 0.5) is 5.69 Å². The van der Waals surface area contributed by atoms with Crippen molar-refractivity contribution < 1.29 is 0 Å². The zero-order valence-corrected chi connectivity index (χ0v) is 15.1. The average Bonchev–Trinajstić information content (AvgIpc) is 2.94.